The standard InChI is InChI=1S/C21H25N5O2.ClH/c1-16-7-8-19(28-16)20-18(15-26(24-20)17-5-3-2-4-6-17)21(27)23-11-14-25-12-9-22-10-13-25;/h2-8,15,22H,9-14H2,1H3,(H,23,27);1H. The minimum absolute atomic E-state index is 0. The third-order valence-electron chi connectivity index (χ3n) is 4.88. The van der Waals surface area contributed by atoms with E-state index in [1.807, 2.05) is 49.4 Å². The van der Waals surface area contributed by atoms with Crippen molar-refractivity contribution in [3.63, 3.8) is 0 Å². The Morgan fingerprint density at radius 1 is 1.17 bits per heavy atom. The molecule has 1 aliphatic rings. The number of piperazine rings is 1. The molecule has 0 unspecified atom stereocenters. The molecule has 0 bridgehead atoms. The van der Waals surface area contributed by atoms with Gasteiger partial charge in [0.25, 0.3) is 5.91 Å². The van der Waals surface area contributed by atoms with Crippen LogP contribution in [0.25, 0.3) is 17.1 Å². The molecular weight excluding hydrogens is 390 g/mol. The summed E-state index contributed by atoms with van der Waals surface area (Å²) in [6, 6.07) is 13.5. The first-order valence-electron chi connectivity index (χ1n) is 9.64. The summed E-state index contributed by atoms with van der Waals surface area (Å²) >= 11 is 0. The number of hydrogen-bond acceptors (Lipinski definition) is 5. The quantitative estimate of drug-likeness (QED) is 0.647. The predicted octanol–water partition coefficient (Wildman–Crippen LogP) is 2.50. The van der Waals surface area contributed by atoms with Crippen LogP contribution < -0.4 is 10.6 Å². The normalized spacial score (nSPS) is 14.4. The van der Waals surface area contributed by atoms with Crippen molar-refractivity contribution in [1.82, 2.24) is 25.3 Å². The van der Waals surface area contributed by atoms with Gasteiger partial charge in [0.05, 0.1) is 11.3 Å². The van der Waals surface area contributed by atoms with Crippen molar-refractivity contribution < 1.29 is 9.21 Å². The van der Waals surface area contributed by atoms with Gasteiger partial charge in [0.2, 0.25) is 0 Å². The molecule has 1 saturated heterocycles. The maximum absolute atomic E-state index is 12.9. The van der Waals surface area contributed by atoms with Crippen molar-refractivity contribution in [3.05, 3.63) is 60.0 Å². The van der Waals surface area contributed by atoms with Gasteiger partial charge in [0.15, 0.2) is 5.76 Å². The fourth-order valence-corrected chi connectivity index (χ4v) is 3.35. The Morgan fingerprint density at radius 2 is 1.93 bits per heavy atom. The summed E-state index contributed by atoms with van der Waals surface area (Å²) in [5, 5.41) is 11.0. The van der Waals surface area contributed by atoms with Crippen molar-refractivity contribution in [1.29, 1.82) is 0 Å². The van der Waals surface area contributed by atoms with E-state index >= 15 is 0 Å². The van der Waals surface area contributed by atoms with Crippen molar-refractivity contribution >= 4 is 18.3 Å². The predicted molar refractivity (Wildman–Crippen MR) is 115 cm³/mol. The van der Waals surface area contributed by atoms with E-state index in [9.17, 15) is 4.79 Å². The van der Waals surface area contributed by atoms with Gasteiger partial charge in [-0.15, -0.1) is 12.4 Å². The summed E-state index contributed by atoms with van der Waals surface area (Å²) in [5.74, 6) is 1.25. The highest BCUT2D eigenvalue weighted by Crippen LogP contribution is 2.25. The van der Waals surface area contributed by atoms with Gasteiger partial charge in [-0.2, -0.15) is 5.10 Å². The van der Waals surface area contributed by atoms with Gasteiger partial charge in [0, 0.05) is 45.5 Å². The van der Waals surface area contributed by atoms with Gasteiger partial charge >= 0.3 is 0 Å². The van der Waals surface area contributed by atoms with E-state index in [2.05, 4.69) is 20.6 Å². The summed E-state index contributed by atoms with van der Waals surface area (Å²) in [5.41, 5.74) is 1.96. The number of benzene rings is 1. The molecule has 3 heterocycles. The zero-order valence-corrected chi connectivity index (χ0v) is 17.2. The molecule has 0 radical (unpaired) electrons. The number of hydrogen-bond donors (Lipinski definition) is 2. The lowest BCUT2D eigenvalue weighted by atomic mass is 10.2. The molecular formula is C21H26ClN5O2. The summed E-state index contributed by atoms with van der Waals surface area (Å²) < 4.78 is 7.46. The van der Waals surface area contributed by atoms with Crippen LogP contribution in [-0.4, -0.2) is 59.9 Å². The third-order valence-corrected chi connectivity index (χ3v) is 4.88. The lowest BCUT2D eigenvalue weighted by molar-refractivity contribution is 0.0947. The highest BCUT2D eigenvalue weighted by atomic mass is 35.5. The van der Waals surface area contributed by atoms with Gasteiger partial charge in [-0.3, -0.25) is 9.69 Å². The van der Waals surface area contributed by atoms with Crippen molar-refractivity contribution in [3.8, 4) is 17.1 Å². The topological polar surface area (TPSA) is 75.3 Å². The van der Waals surface area contributed by atoms with Crippen LogP contribution in [0, 0.1) is 6.92 Å². The second-order valence-corrected chi connectivity index (χ2v) is 6.93. The number of carbonyl (C=O) groups is 1. The molecule has 2 aromatic heterocycles. The molecule has 2 N–H and O–H groups in total. The maximum Gasteiger partial charge on any atom is 0.255 e. The molecule has 4 rings (SSSR count). The lowest BCUT2D eigenvalue weighted by Crippen LogP contribution is -2.46. The molecule has 1 amide bonds. The summed E-state index contributed by atoms with van der Waals surface area (Å²) in [4.78, 5) is 15.2. The Balaban J connectivity index is 0.00000240. The van der Waals surface area contributed by atoms with E-state index in [-0.39, 0.29) is 18.3 Å². The van der Waals surface area contributed by atoms with E-state index in [1.165, 1.54) is 0 Å². The molecule has 1 aromatic carbocycles. The van der Waals surface area contributed by atoms with Gasteiger partial charge in [-0.05, 0) is 31.2 Å². The number of furan rings is 1. The molecule has 1 aliphatic heterocycles. The van der Waals surface area contributed by atoms with Crippen LogP contribution in [0.3, 0.4) is 0 Å². The number of amides is 1. The molecule has 29 heavy (non-hydrogen) atoms. The second kappa shape index (κ2) is 9.73. The molecule has 7 nitrogen and oxygen atoms in total. The first kappa shape index (κ1) is 21.1. The van der Waals surface area contributed by atoms with Gasteiger partial charge in [-0.25, -0.2) is 4.68 Å². The molecule has 3 aromatic rings. The van der Waals surface area contributed by atoms with Crippen molar-refractivity contribution in [2.75, 3.05) is 39.3 Å². The number of carbonyl (C=O) groups excluding carboxylic acids is 1. The number of nitrogens with one attached hydrogen (secondary N) is 2. The molecule has 0 atom stereocenters. The van der Waals surface area contributed by atoms with Gasteiger partial charge in [-0.1, -0.05) is 18.2 Å². The van der Waals surface area contributed by atoms with E-state index in [0.29, 0.717) is 23.6 Å². The van der Waals surface area contributed by atoms with Gasteiger partial charge < -0.3 is 15.1 Å². The van der Waals surface area contributed by atoms with E-state index in [0.717, 1.165) is 44.2 Å². The van der Waals surface area contributed by atoms with Gasteiger partial charge in [0.1, 0.15) is 11.5 Å². The van der Waals surface area contributed by atoms with Crippen LogP contribution in [0.5, 0.6) is 0 Å². The minimum atomic E-state index is -0.138. The molecule has 0 saturated carbocycles. The van der Waals surface area contributed by atoms with Crippen LogP contribution in [0.2, 0.25) is 0 Å². The summed E-state index contributed by atoms with van der Waals surface area (Å²) in [7, 11) is 0. The maximum atomic E-state index is 12.9. The fraction of sp³-hybridized carbons (Fsp3) is 0.333. The van der Waals surface area contributed by atoms with Crippen LogP contribution in [-0.2, 0) is 0 Å². The largest absolute Gasteiger partial charge is 0.460 e. The van der Waals surface area contributed by atoms with Crippen LogP contribution in [0.1, 0.15) is 16.1 Å². The van der Waals surface area contributed by atoms with Crippen molar-refractivity contribution in [2.45, 2.75) is 6.92 Å². The number of nitrogens with zero attached hydrogens (tertiary/aromatic N) is 3. The third kappa shape index (κ3) is 5.06. The Hall–Kier alpha value is -2.61. The Morgan fingerprint density at radius 3 is 2.62 bits per heavy atom. The fourth-order valence-electron chi connectivity index (χ4n) is 3.35. The van der Waals surface area contributed by atoms with E-state index in [1.54, 1.807) is 10.9 Å². The number of rotatable bonds is 6. The Bertz CT molecular complexity index is 932. The highest BCUT2D eigenvalue weighted by molar-refractivity contribution is 5.99. The van der Waals surface area contributed by atoms with Crippen LogP contribution in [0.15, 0.2) is 53.1 Å². The first-order chi connectivity index (χ1) is 13.7. The lowest BCUT2D eigenvalue weighted by Gasteiger charge is -2.27. The molecule has 1 fully saturated rings. The monoisotopic (exact) mass is 415 g/mol. The van der Waals surface area contributed by atoms with Crippen molar-refractivity contribution in [2.24, 2.45) is 0 Å². The average molecular weight is 416 g/mol. The smallest absolute Gasteiger partial charge is 0.255 e. The molecule has 0 spiro atoms. The first-order valence-corrected chi connectivity index (χ1v) is 9.64. The van der Waals surface area contributed by atoms with Crippen LogP contribution in [0.4, 0.5) is 0 Å². The van der Waals surface area contributed by atoms with Crippen LogP contribution >= 0.6 is 12.4 Å². The Labute approximate surface area is 176 Å². The number of aryl methyl sites for hydroxylation is 1. The minimum Gasteiger partial charge on any atom is -0.460 e. The summed E-state index contributed by atoms with van der Waals surface area (Å²) in [6.45, 7) is 7.35. The van der Waals surface area contributed by atoms with E-state index in [4.69, 9.17) is 4.42 Å². The zero-order valence-electron chi connectivity index (χ0n) is 16.4. The second-order valence-electron chi connectivity index (χ2n) is 6.93. The molecule has 154 valence electrons. The number of halogens is 1. The Kier molecular flexibility index (Phi) is 7.09. The molecule has 0 aliphatic carbocycles. The number of para-hydroxylation sites is 1. The average Bonchev–Trinajstić information content (AvgIpc) is 3.36. The SMILES string of the molecule is Cc1ccc(-c2nn(-c3ccccc3)cc2C(=O)NCCN2CCNCC2)o1.Cl. The molecule has 8 heteroatoms. The number of aromatic nitrogens is 2. The summed E-state index contributed by atoms with van der Waals surface area (Å²) in [6.07, 6.45) is 1.77. The van der Waals surface area contributed by atoms with E-state index < -0.39 is 0 Å². The highest BCUT2D eigenvalue weighted by Gasteiger charge is 2.21. The zero-order chi connectivity index (χ0) is 19.3.